The van der Waals surface area contributed by atoms with Crippen molar-refractivity contribution >= 4 is 23.4 Å². The van der Waals surface area contributed by atoms with Crippen molar-refractivity contribution in [3.05, 3.63) is 27.9 Å². The highest BCUT2D eigenvalue weighted by Crippen LogP contribution is 2.27. The third-order valence-corrected chi connectivity index (χ3v) is 3.06. The summed E-state index contributed by atoms with van der Waals surface area (Å²) < 4.78 is 4.52. The van der Waals surface area contributed by atoms with E-state index in [4.69, 9.17) is 0 Å². The predicted molar refractivity (Wildman–Crippen MR) is 63.2 cm³/mol. The van der Waals surface area contributed by atoms with Crippen LogP contribution in [0, 0.1) is 10.1 Å². The lowest BCUT2D eigenvalue weighted by atomic mass is 10.3. The summed E-state index contributed by atoms with van der Waals surface area (Å²) in [4.78, 5) is 25.5. The third-order valence-electron chi connectivity index (χ3n) is 1.87. The van der Waals surface area contributed by atoms with Crippen molar-refractivity contribution < 1.29 is 14.5 Å². The van der Waals surface area contributed by atoms with Gasteiger partial charge in [-0.1, -0.05) is 18.7 Å². The first kappa shape index (κ1) is 13.4. The van der Waals surface area contributed by atoms with E-state index in [-0.39, 0.29) is 16.4 Å². The number of thioether (sulfide) groups is 1. The SMILES string of the molecule is CCCSc1nc(C(=O)OC)ccc1[N+](=O)[O-]. The first-order valence-electron chi connectivity index (χ1n) is 4.96. The molecule has 6 nitrogen and oxygen atoms in total. The van der Waals surface area contributed by atoms with Crippen LogP contribution >= 0.6 is 11.8 Å². The van der Waals surface area contributed by atoms with Gasteiger partial charge in [-0.3, -0.25) is 10.1 Å². The fourth-order valence-electron chi connectivity index (χ4n) is 1.10. The van der Waals surface area contributed by atoms with E-state index in [0.717, 1.165) is 6.42 Å². The van der Waals surface area contributed by atoms with Crippen LogP contribution in [0.5, 0.6) is 0 Å². The van der Waals surface area contributed by atoms with Gasteiger partial charge in [-0.2, -0.15) is 0 Å². The molecule has 7 heteroatoms. The normalized spacial score (nSPS) is 10.0. The molecular weight excluding hydrogens is 244 g/mol. The van der Waals surface area contributed by atoms with Crippen molar-refractivity contribution in [3.8, 4) is 0 Å². The van der Waals surface area contributed by atoms with Crippen LogP contribution in [0.15, 0.2) is 17.2 Å². The molecular formula is C10H12N2O4S. The number of ether oxygens (including phenoxy) is 1. The van der Waals surface area contributed by atoms with E-state index in [1.54, 1.807) is 0 Å². The van der Waals surface area contributed by atoms with Crippen molar-refractivity contribution in [2.24, 2.45) is 0 Å². The molecule has 0 bridgehead atoms. The predicted octanol–water partition coefficient (Wildman–Crippen LogP) is 2.28. The summed E-state index contributed by atoms with van der Waals surface area (Å²) in [6.45, 7) is 1.96. The summed E-state index contributed by atoms with van der Waals surface area (Å²) in [5.74, 6) is 0.108. The Morgan fingerprint density at radius 2 is 2.29 bits per heavy atom. The summed E-state index contributed by atoms with van der Waals surface area (Å²) in [6, 6.07) is 2.57. The molecule has 0 aromatic carbocycles. The number of nitro groups is 1. The van der Waals surface area contributed by atoms with Crippen LogP contribution < -0.4 is 0 Å². The van der Waals surface area contributed by atoms with Gasteiger partial charge < -0.3 is 4.74 Å². The summed E-state index contributed by atoms with van der Waals surface area (Å²) >= 11 is 1.26. The fourth-order valence-corrected chi connectivity index (χ4v) is 1.95. The zero-order valence-corrected chi connectivity index (χ0v) is 10.3. The molecule has 92 valence electrons. The number of pyridine rings is 1. The Bertz CT molecular complexity index is 436. The van der Waals surface area contributed by atoms with Crippen LogP contribution in [0.4, 0.5) is 5.69 Å². The second kappa shape index (κ2) is 6.19. The molecule has 0 fully saturated rings. The molecule has 0 aliphatic heterocycles. The molecule has 0 unspecified atom stereocenters. The lowest BCUT2D eigenvalue weighted by molar-refractivity contribution is -0.388. The number of hydrogen-bond donors (Lipinski definition) is 0. The highest BCUT2D eigenvalue weighted by Gasteiger charge is 2.18. The van der Waals surface area contributed by atoms with Gasteiger partial charge in [0.1, 0.15) is 5.69 Å². The van der Waals surface area contributed by atoms with Crippen LogP contribution in [0.3, 0.4) is 0 Å². The van der Waals surface area contributed by atoms with E-state index in [9.17, 15) is 14.9 Å². The monoisotopic (exact) mass is 256 g/mol. The average molecular weight is 256 g/mol. The van der Waals surface area contributed by atoms with E-state index in [1.165, 1.54) is 31.0 Å². The molecule has 0 radical (unpaired) electrons. The van der Waals surface area contributed by atoms with Crippen molar-refractivity contribution in [2.45, 2.75) is 18.4 Å². The van der Waals surface area contributed by atoms with Crippen LogP contribution in [-0.4, -0.2) is 28.7 Å². The first-order chi connectivity index (χ1) is 8.10. The second-order valence-electron chi connectivity index (χ2n) is 3.12. The lowest BCUT2D eigenvalue weighted by Gasteiger charge is -2.03. The number of rotatable bonds is 5. The van der Waals surface area contributed by atoms with Crippen molar-refractivity contribution in [1.82, 2.24) is 4.98 Å². The number of esters is 1. The maximum atomic E-state index is 11.3. The van der Waals surface area contributed by atoms with Gasteiger partial charge in [0.2, 0.25) is 0 Å². The molecule has 0 aliphatic carbocycles. The Morgan fingerprint density at radius 1 is 1.59 bits per heavy atom. The second-order valence-corrected chi connectivity index (χ2v) is 4.20. The van der Waals surface area contributed by atoms with E-state index < -0.39 is 10.9 Å². The van der Waals surface area contributed by atoms with E-state index in [0.29, 0.717) is 5.75 Å². The fraction of sp³-hybridized carbons (Fsp3) is 0.400. The molecule has 1 aromatic heterocycles. The van der Waals surface area contributed by atoms with Gasteiger partial charge in [0, 0.05) is 6.07 Å². The minimum atomic E-state index is -0.599. The maximum absolute atomic E-state index is 11.3. The van der Waals surface area contributed by atoms with Crippen LogP contribution in [0.1, 0.15) is 23.8 Å². The zero-order valence-electron chi connectivity index (χ0n) is 9.50. The van der Waals surface area contributed by atoms with Gasteiger partial charge >= 0.3 is 11.7 Å². The zero-order chi connectivity index (χ0) is 12.8. The van der Waals surface area contributed by atoms with E-state index in [2.05, 4.69) is 9.72 Å². The van der Waals surface area contributed by atoms with Gasteiger partial charge in [0.15, 0.2) is 5.03 Å². The molecule has 1 rings (SSSR count). The lowest BCUT2D eigenvalue weighted by Crippen LogP contribution is -2.06. The van der Waals surface area contributed by atoms with Gasteiger partial charge in [-0.05, 0) is 18.2 Å². The van der Waals surface area contributed by atoms with Crippen LogP contribution in [0.25, 0.3) is 0 Å². The minimum Gasteiger partial charge on any atom is -0.464 e. The number of aromatic nitrogens is 1. The largest absolute Gasteiger partial charge is 0.464 e. The Labute approximate surface area is 103 Å². The standard InChI is InChI=1S/C10H12N2O4S/c1-3-6-17-9-8(12(14)15)5-4-7(11-9)10(13)16-2/h4-5H,3,6H2,1-2H3. The number of hydrogen-bond acceptors (Lipinski definition) is 6. The highest BCUT2D eigenvalue weighted by atomic mass is 32.2. The summed E-state index contributed by atoms with van der Waals surface area (Å²) in [5, 5.41) is 11.0. The minimum absolute atomic E-state index is 0.0803. The molecule has 0 saturated heterocycles. The maximum Gasteiger partial charge on any atom is 0.356 e. The van der Waals surface area contributed by atoms with Crippen molar-refractivity contribution in [2.75, 3.05) is 12.9 Å². The van der Waals surface area contributed by atoms with Gasteiger partial charge in [0.25, 0.3) is 0 Å². The van der Waals surface area contributed by atoms with Crippen LogP contribution in [-0.2, 0) is 4.74 Å². The Kier molecular flexibility index (Phi) is 4.89. The number of nitrogens with zero attached hydrogens (tertiary/aromatic N) is 2. The molecule has 0 N–H and O–H groups in total. The third kappa shape index (κ3) is 3.42. The first-order valence-corrected chi connectivity index (χ1v) is 5.95. The Balaban J connectivity index is 3.09. The molecule has 0 atom stereocenters. The molecule has 0 amide bonds. The summed E-state index contributed by atoms with van der Waals surface area (Å²) in [7, 11) is 1.24. The topological polar surface area (TPSA) is 82.3 Å². The van der Waals surface area contributed by atoms with Crippen LogP contribution in [0.2, 0.25) is 0 Å². The Morgan fingerprint density at radius 3 is 2.82 bits per heavy atom. The van der Waals surface area contributed by atoms with E-state index in [1.807, 2.05) is 6.92 Å². The van der Waals surface area contributed by atoms with Gasteiger partial charge in [-0.15, -0.1) is 0 Å². The summed E-state index contributed by atoms with van der Waals surface area (Å²) in [5.41, 5.74) is -0.00666. The quantitative estimate of drug-likeness (QED) is 0.348. The highest BCUT2D eigenvalue weighted by molar-refractivity contribution is 7.99. The average Bonchev–Trinajstić information content (AvgIpc) is 2.34. The molecule has 0 spiro atoms. The number of carbonyl (C=O) groups is 1. The van der Waals surface area contributed by atoms with Gasteiger partial charge in [0.05, 0.1) is 12.0 Å². The van der Waals surface area contributed by atoms with E-state index >= 15 is 0 Å². The van der Waals surface area contributed by atoms with Crippen molar-refractivity contribution in [1.29, 1.82) is 0 Å². The molecule has 17 heavy (non-hydrogen) atoms. The smallest absolute Gasteiger partial charge is 0.356 e. The number of carbonyl (C=O) groups excluding carboxylic acids is 1. The molecule has 0 aliphatic rings. The number of methoxy groups -OCH3 is 1. The summed E-state index contributed by atoms with van der Waals surface area (Å²) in [6.07, 6.45) is 0.867. The Hall–Kier alpha value is -1.63. The molecule has 1 aromatic rings. The van der Waals surface area contributed by atoms with Gasteiger partial charge in [-0.25, -0.2) is 9.78 Å². The van der Waals surface area contributed by atoms with Crippen molar-refractivity contribution in [3.63, 3.8) is 0 Å². The molecule has 1 heterocycles. The molecule has 0 saturated carbocycles.